The Hall–Kier alpha value is -2.37. The Kier molecular flexibility index (Phi) is 5.93. The second kappa shape index (κ2) is 8.76. The SMILES string of the molecule is O=C(COc1ccc(CO)cc1)N1C[C@H]2CN(Cc3ccccc3)CC[C@H]2C1. The minimum Gasteiger partial charge on any atom is -0.484 e. The summed E-state index contributed by atoms with van der Waals surface area (Å²) < 4.78 is 5.65. The molecule has 2 fully saturated rings. The molecule has 0 aliphatic carbocycles. The van der Waals surface area contributed by atoms with Gasteiger partial charge in [0.15, 0.2) is 6.61 Å². The minimum atomic E-state index is 0.0110. The molecule has 0 bridgehead atoms. The first-order valence-corrected chi connectivity index (χ1v) is 10.1. The molecule has 0 radical (unpaired) electrons. The topological polar surface area (TPSA) is 53.0 Å². The summed E-state index contributed by atoms with van der Waals surface area (Å²) in [5, 5.41) is 9.09. The Labute approximate surface area is 166 Å². The van der Waals surface area contributed by atoms with Crippen molar-refractivity contribution in [2.24, 2.45) is 11.8 Å². The van der Waals surface area contributed by atoms with E-state index in [4.69, 9.17) is 9.84 Å². The molecule has 1 amide bonds. The molecule has 2 heterocycles. The van der Waals surface area contributed by atoms with Crippen LogP contribution in [0.3, 0.4) is 0 Å². The smallest absolute Gasteiger partial charge is 0.260 e. The Bertz CT molecular complexity index is 778. The van der Waals surface area contributed by atoms with Crippen LogP contribution in [0.5, 0.6) is 5.75 Å². The lowest BCUT2D eigenvalue weighted by Gasteiger charge is -2.34. The van der Waals surface area contributed by atoms with Gasteiger partial charge in [0.2, 0.25) is 0 Å². The molecule has 5 heteroatoms. The first kappa shape index (κ1) is 19.0. The highest BCUT2D eigenvalue weighted by Crippen LogP contribution is 2.32. The molecule has 0 saturated carbocycles. The van der Waals surface area contributed by atoms with E-state index in [2.05, 4.69) is 35.2 Å². The van der Waals surface area contributed by atoms with Crippen molar-refractivity contribution in [3.05, 3.63) is 65.7 Å². The molecule has 2 aliphatic heterocycles. The molecule has 5 nitrogen and oxygen atoms in total. The van der Waals surface area contributed by atoms with E-state index >= 15 is 0 Å². The number of fused-ring (bicyclic) bond motifs is 1. The predicted molar refractivity (Wildman–Crippen MR) is 108 cm³/mol. The molecule has 2 aromatic carbocycles. The number of benzene rings is 2. The number of hydrogen-bond donors (Lipinski definition) is 1. The zero-order valence-corrected chi connectivity index (χ0v) is 16.2. The highest BCUT2D eigenvalue weighted by molar-refractivity contribution is 5.78. The molecule has 0 spiro atoms. The number of aliphatic hydroxyl groups is 1. The Balaban J connectivity index is 1.26. The zero-order chi connectivity index (χ0) is 19.3. The first-order valence-electron chi connectivity index (χ1n) is 10.1. The summed E-state index contributed by atoms with van der Waals surface area (Å²) in [6, 6.07) is 17.8. The summed E-state index contributed by atoms with van der Waals surface area (Å²) in [6.45, 7) is 4.93. The number of hydrogen-bond acceptors (Lipinski definition) is 4. The largest absolute Gasteiger partial charge is 0.484 e. The summed E-state index contributed by atoms with van der Waals surface area (Å²) >= 11 is 0. The van der Waals surface area contributed by atoms with Crippen molar-refractivity contribution < 1.29 is 14.6 Å². The Morgan fingerprint density at radius 1 is 0.964 bits per heavy atom. The van der Waals surface area contributed by atoms with Crippen LogP contribution >= 0.6 is 0 Å². The van der Waals surface area contributed by atoms with Crippen LogP contribution in [-0.2, 0) is 17.9 Å². The third kappa shape index (κ3) is 4.54. The van der Waals surface area contributed by atoms with E-state index in [1.165, 1.54) is 5.56 Å². The molecular weight excluding hydrogens is 352 g/mol. The van der Waals surface area contributed by atoms with Gasteiger partial charge in [0.1, 0.15) is 5.75 Å². The van der Waals surface area contributed by atoms with Crippen molar-refractivity contribution in [2.75, 3.05) is 32.8 Å². The molecule has 148 valence electrons. The van der Waals surface area contributed by atoms with Crippen molar-refractivity contribution in [2.45, 2.75) is 19.6 Å². The summed E-state index contributed by atoms with van der Waals surface area (Å²) in [4.78, 5) is 17.1. The van der Waals surface area contributed by atoms with Crippen molar-refractivity contribution in [1.29, 1.82) is 0 Å². The third-order valence-electron chi connectivity index (χ3n) is 5.96. The van der Waals surface area contributed by atoms with Crippen LogP contribution in [0.4, 0.5) is 0 Å². The molecular formula is C23H28N2O3. The van der Waals surface area contributed by atoms with Gasteiger partial charge in [-0.25, -0.2) is 0 Å². The van der Waals surface area contributed by atoms with Gasteiger partial charge in [-0.3, -0.25) is 9.69 Å². The second-order valence-electron chi connectivity index (χ2n) is 7.92. The van der Waals surface area contributed by atoms with E-state index in [9.17, 15) is 4.79 Å². The Morgan fingerprint density at radius 2 is 1.71 bits per heavy atom. The first-order chi connectivity index (χ1) is 13.7. The number of amides is 1. The maximum atomic E-state index is 12.6. The molecule has 2 aliphatic rings. The highest BCUT2D eigenvalue weighted by atomic mass is 16.5. The summed E-state index contributed by atoms with van der Waals surface area (Å²) in [6.07, 6.45) is 1.16. The number of carbonyl (C=O) groups is 1. The van der Waals surface area contributed by atoms with E-state index in [1.807, 2.05) is 17.0 Å². The van der Waals surface area contributed by atoms with Crippen LogP contribution < -0.4 is 4.74 Å². The third-order valence-corrected chi connectivity index (χ3v) is 5.96. The number of aliphatic hydroxyl groups excluding tert-OH is 1. The van der Waals surface area contributed by atoms with Crippen LogP contribution in [0, 0.1) is 11.8 Å². The number of rotatable bonds is 6. The van der Waals surface area contributed by atoms with Crippen LogP contribution in [-0.4, -0.2) is 53.6 Å². The molecule has 0 aromatic heterocycles. The lowest BCUT2D eigenvalue weighted by atomic mass is 9.88. The molecule has 2 atom stereocenters. The maximum Gasteiger partial charge on any atom is 0.260 e. The van der Waals surface area contributed by atoms with Crippen molar-refractivity contribution in [3.8, 4) is 5.75 Å². The molecule has 1 N–H and O–H groups in total. The zero-order valence-electron chi connectivity index (χ0n) is 16.2. The van der Waals surface area contributed by atoms with E-state index < -0.39 is 0 Å². The minimum absolute atomic E-state index is 0.0110. The quantitative estimate of drug-likeness (QED) is 0.837. The lowest BCUT2D eigenvalue weighted by molar-refractivity contribution is -0.132. The maximum absolute atomic E-state index is 12.6. The number of likely N-dealkylation sites (tertiary alicyclic amines) is 2. The van der Waals surface area contributed by atoms with Gasteiger partial charge in [-0.2, -0.15) is 0 Å². The van der Waals surface area contributed by atoms with Crippen LogP contribution in [0.1, 0.15) is 17.5 Å². The fraction of sp³-hybridized carbons (Fsp3) is 0.435. The van der Waals surface area contributed by atoms with E-state index in [1.54, 1.807) is 12.1 Å². The normalized spacial score (nSPS) is 22.1. The summed E-state index contributed by atoms with van der Waals surface area (Å²) in [5.41, 5.74) is 2.19. The number of piperidine rings is 1. The van der Waals surface area contributed by atoms with Crippen LogP contribution in [0.25, 0.3) is 0 Å². The fourth-order valence-corrected chi connectivity index (χ4v) is 4.36. The molecule has 0 unspecified atom stereocenters. The van der Waals surface area contributed by atoms with Gasteiger partial charge >= 0.3 is 0 Å². The van der Waals surface area contributed by atoms with Crippen LogP contribution in [0.15, 0.2) is 54.6 Å². The predicted octanol–water partition coefficient (Wildman–Crippen LogP) is 2.54. The second-order valence-corrected chi connectivity index (χ2v) is 7.92. The molecule has 2 aromatic rings. The van der Waals surface area contributed by atoms with Gasteiger partial charge < -0.3 is 14.7 Å². The number of carbonyl (C=O) groups excluding carboxylic acids is 1. The van der Waals surface area contributed by atoms with Gasteiger partial charge in [-0.1, -0.05) is 42.5 Å². The molecule has 28 heavy (non-hydrogen) atoms. The molecule has 2 saturated heterocycles. The summed E-state index contributed by atoms with van der Waals surface area (Å²) in [7, 11) is 0. The van der Waals surface area contributed by atoms with Crippen LogP contribution in [0.2, 0.25) is 0 Å². The van der Waals surface area contributed by atoms with Crippen molar-refractivity contribution in [3.63, 3.8) is 0 Å². The van der Waals surface area contributed by atoms with E-state index in [0.29, 0.717) is 17.6 Å². The average molecular weight is 380 g/mol. The van der Waals surface area contributed by atoms with Gasteiger partial charge in [-0.15, -0.1) is 0 Å². The average Bonchev–Trinajstić information content (AvgIpc) is 3.17. The van der Waals surface area contributed by atoms with E-state index in [0.717, 1.165) is 44.7 Å². The number of ether oxygens (including phenoxy) is 1. The van der Waals surface area contributed by atoms with Crippen molar-refractivity contribution >= 4 is 5.91 Å². The monoisotopic (exact) mass is 380 g/mol. The lowest BCUT2D eigenvalue weighted by Crippen LogP contribution is -2.39. The standard InChI is InChI=1S/C23H28N2O3/c26-16-19-6-8-22(9-7-19)28-17-23(27)25-14-20-10-11-24(13-21(20)15-25)12-18-4-2-1-3-5-18/h1-9,20-21,26H,10-17H2/t20-,21+/m0/s1. The Morgan fingerprint density at radius 3 is 2.46 bits per heavy atom. The van der Waals surface area contributed by atoms with Gasteiger partial charge in [0.25, 0.3) is 5.91 Å². The number of nitrogens with zero attached hydrogens (tertiary/aromatic N) is 2. The highest BCUT2D eigenvalue weighted by Gasteiger charge is 2.38. The van der Waals surface area contributed by atoms with Gasteiger partial charge in [0, 0.05) is 26.2 Å². The van der Waals surface area contributed by atoms with E-state index in [-0.39, 0.29) is 19.1 Å². The fourth-order valence-electron chi connectivity index (χ4n) is 4.36. The summed E-state index contributed by atoms with van der Waals surface area (Å²) in [5.74, 6) is 1.90. The van der Waals surface area contributed by atoms with Gasteiger partial charge in [0.05, 0.1) is 6.61 Å². The molecule has 4 rings (SSSR count). The van der Waals surface area contributed by atoms with Crippen molar-refractivity contribution in [1.82, 2.24) is 9.80 Å². The van der Waals surface area contributed by atoms with Gasteiger partial charge in [-0.05, 0) is 48.1 Å².